The molecule has 0 spiro atoms. The Kier molecular flexibility index (Phi) is 9.31. The van der Waals surface area contributed by atoms with Crippen LogP contribution in [0.3, 0.4) is 0 Å². The summed E-state index contributed by atoms with van der Waals surface area (Å²) in [6, 6.07) is 0. The number of hydrogen-bond donors (Lipinski definition) is 2. The molecule has 8 nitrogen and oxygen atoms in total. The van der Waals surface area contributed by atoms with Crippen LogP contribution in [-0.4, -0.2) is 73.1 Å². The van der Waals surface area contributed by atoms with Gasteiger partial charge in [0.15, 0.2) is 0 Å². The van der Waals surface area contributed by atoms with Crippen LogP contribution < -0.4 is 10.6 Å². The van der Waals surface area contributed by atoms with Gasteiger partial charge in [-0.1, -0.05) is 12.8 Å². The number of carbonyl (C=O) groups is 3. The Morgan fingerprint density at radius 2 is 1.81 bits per heavy atom. The van der Waals surface area contributed by atoms with Gasteiger partial charge in [0, 0.05) is 20.1 Å². The molecule has 1 fully saturated rings. The van der Waals surface area contributed by atoms with Gasteiger partial charge in [0.2, 0.25) is 5.91 Å². The van der Waals surface area contributed by atoms with Crippen molar-refractivity contribution in [3.05, 3.63) is 15.8 Å². The van der Waals surface area contributed by atoms with Crippen LogP contribution in [0.5, 0.6) is 0 Å². The molecule has 0 unspecified atom stereocenters. The fraction of sp³-hybridized carbons (Fsp3) is 0.682. The van der Waals surface area contributed by atoms with Crippen LogP contribution in [0.2, 0.25) is 0 Å². The summed E-state index contributed by atoms with van der Waals surface area (Å²) in [4.78, 5) is 41.3. The van der Waals surface area contributed by atoms with E-state index in [1.807, 2.05) is 33.1 Å². The summed E-state index contributed by atoms with van der Waals surface area (Å²) in [5.74, 6) is -0.358. The largest absolute Gasteiger partial charge is 0.444 e. The Bertz CT molecular complexity index is 764. The highest BCUT2D eigenvalue weighted by atomic mass is 32.1. The zero-order chi connectivity index (χ0) is 23.0. The lowest BCUT2D eigenvalue weighted by Crippen LogP contribution is -2.39. The number of nitrogens with one attached hydrogen (secondary N) is 2. The number of hydrogen-bond acceptors (Lipinski definition) is 6. The first kappa shape index (κ1) is 25.1. The summed E-state index contributed by atoms with van der Waals surface area (Å²) in [5.41, 5.74) is 0.872. The molecule has 31 heavy (non-hydrogen) atoms. The molecule has 0 saturated carbocycles. The predicted octanol–water partition coefficient (Wildman–Crippen LogP) is 3.47. The van der Waals surface area contributed by atoms with Crippen molar-refractivity contribution in [3.63, 3.8) is 0 Å². The van der Waals surface area contributed by atoms with Crippen LogP contribution in [0, 0.1) is 6.92 Å². The molecule has 3 amide bonds. The van der Waals surface area contributed by atoms with E-state index in [1.54, 1.807) is 7.05 Å². The van der Waals surface area contributed by atoms with Gasteiger partial charge in [-0.3, -0.25) is 14.5 Å². The molecule has 9 heteroatoms. The van der Waals surface area contributed by atoms with E-state index < -0.39 is 11.7 Å². The van der Waals surface area contributed by atoms with Crippen molar-refractivity contribution >= 4 is 34.9 Å². The molecule has 2 N–H and O–H groups in total. The van der Waals surface area contributed by atoms with Crippen molar-refractivity contribution in [2.24, 2.45) is 0 Å². The summed E-state index contributed by atoms with van der Waals surface area (Å²) in [6.45, 7) is 10.1. The number of likely N-dealkylation sites (tertiary alicyclic amines) is 1. The summed E-state index contributed by atoms with van der Waals surface area (Å²) in [7, 11) is 1.63. The minimum absolute atomic E-state index is 0.0953. The first-order chi connectivity index (χ1) is 14.6. The van der Waals surface area contributed by atoms with Crippen LogP contribution in [0.25, 0.3) is 0 Å². The minimum atomic E-state index is -0.566. The standard InChI is InChI=1S/C22H36N4O4S/c1-16-15-31-19(18(16)24-17(27)14-26-11-8-6-7-9-12-26)20(28)23-10-13-25(5)21(29)30-22(2,3)4/h15H,6-14H2,1-5H3,(H,23,28)(H,24,27). The van der Waals surface area contributed by atoms with Crippen LogP contribution in [0.15, 0.2) is 5.38 Å². The summed E-state index contributed by atoms with van der Waals surface area (Å²) in [6.07, 6.45) is 4.24. The topological polar surface area (TPSA) is 91.0 Å². The second kappa shape index (κ2) is 11.5. The molecular weight excluding hydrogens is 416 g/mol. The molecule has 0 aromatic carbocycles. The third kappa shape index (κ3) is 8.49. The molecule has 0 radical (unpaired) electrons. The van der Waals surface area contributed by atoms with E-state index in [-0.39, 0.29) is 18.4 Å². The van der Waals surface area contributed by atoms with Gasteiger partial charge >= 0.3 is 6.09 Å². The number of anilines is 1. The maximum Gasteiger partial charge on any atom is 0.410 e. The van der Waals surface area contributed by atoms with Crippen molar-refractivity contribution < 1.29 is 19.1 Å². The van der Waals surface area contributed by atoms with E-state index in [4.69, 9.17) is 4.74 Å². The first-order valence-electron chi connectivity index (χ1n) is 10.9. The van der Waals surface area contributed by atoms with Crippen LogP contribution in [0.1, 0.15) is 61.7 Å². The number of ether oxygens (including phenoxy) is 1. The molecule has 1 aromatic rings. The normalized spacial score (nSPS) is 15.1. The highest BCUT2D eigenvalue weighted by Crippen LogP contribution is 2.27. The molecule has 1 aromatic heterocycles. The van der Waals surface area contributed by atoms with Gasteiger partial charge in [-0.2, -0.15) is 0 Å². The van der Waals surface area contributed by atoms with E-state index in [9.17, 15) is 14.4 Å². The molecule has 2 rings (SSSR count). The summed E-state index contributed by atoms with van der Waals surface area (Å²) >= 11 is 1.30. The van der Waals surface area contributed by atoms with Crippen molar-refractivity contribution in [1.82, 2.24) is 15.1 Å². The number of amides is 3. The first-order valence-corrected chi connectivity index (χ1v) is 11.8. The van der Waals surface area contributed by atoms with Crippen molar-refractivity contribution in [2.45, 2.75) is 59.0 Å². The second-order valence-corrected chi connectivity index (χ2v) is 9.90. The fourth-order valence-corrected chi connectivity index (χ4v) is 4.21. The van der Waals surface area contributed by atoms with Gasteiger partial charge in [-0.15, -0.1) is 11.3 Å². The Hall–Kier alpha value is -2.13. The van der Waals surface area contributed by atoms with Gasteiger partial charge in [0.05, 0.1) is 12.2 Å². The van der Waals surface area contributed by atoms with Crippen molar-refractivity contribution in [3.8, 4) is 0 Å². The molecule has 1 aliphatic heterocycles. The quantitative estimate of drug-likeness (QED) is 0.661. The summed E-state index contributed by atoms with van der Waals surface area (Å²) in [5, 5.41) is 7.62. The number of thiophene rings is 1. The monoisotopic (exact) mass is 452 g/mol. The predicted molar refractivity (Wildman–Crippen MR) is 124 cm³/mol. The van der Waals surface area contributed by atoms with Crippen LogP contribution in [-0.2, 0) is 9.53 Å². The van der Waals surface area contributed by atoms with Crippen molar-refractivity contribution in [1.29, 1.82) is 0 Å². The van der Waals surface area contributed by atoms with Crippen LogP contribution >= 0.6 is 11.3 Å². The van der Waals surface area contributed by atoms with Gasteiger partial charge < -0.3 is 20.3 Å². The van der Waals surface area contributed by atoms with Gasteiger partial charge in [-0.05, 0) is 64.6 Å². The highest BCUT2D eigenvalue weighted by Gasteiger charge is 2.21. The minimum Gasteiger partial charge on any atom is -0.444 e. The Morgan fingerprint density at radius 3 is 2.42 bits per heavy atom. The van der Waals surface area contributed by atoms with E-state index in [1.165, 1.54) is 29.1 Å². The Morgan fingerprint density at radius 1 is 1.16 bits per heavy atom. The average Bonchev–Trinajstić information content (AvgIpc) is 2.87. The molecule has 0 aliphatic carbocycles. The number of carbonyl (C=O) groups excluding carboxylic acids is 3. The van der Waals surface area contributed by atoms with E-state index in [0.717, 1.165) is 31.5 Å². The van der Waals surface area contributed by atoms with Crippen molar-refractivity contribution in [2.75, 3.05) is 45.1 Å². The number of nitrogens with zero attached hydrogens (tertiary/aromatic N) is 2. The molecule has 0 bridgehead atoms. The summed E-state index contributed by atoms with van der Waals surface area (Å²) < 4.78 is 5.30. The molecule has 174 valence electrons. The molecule has 0 atom stereocenters. The Labute approximate surface area is 189 Å². The Balaban J connectivity index is 1.87. The molecule has 1 saturated heterocycles. The van der Waals surface area contributed by atoms with Gasteiger partial charge in [0.25, 0.3) is 5.91 Å². The average molecular weight is 453 g/mol. The van der Waals surface area contributed by atoms with Gasteiger partial charge in [-0.25, -0.2) is 4.79 Å². The zero-order valence-corrected chi connectivity index (χ0v) is 20.2. The van der Waals surface area contributed by atoms with E-state index in [0.29, 0.717) is 23.7 Å². The molecular formula is C22H36N4O4S. The zero-order valence-electron chi connectivity index (χ0n) is 19.4. The SMILES string of the molecule is Cc1csc(C(=O)NCCN(C)C(=O)OC(C)(C)C)c1NC(=O)CN1CCCCCC1. The van der Waals surface area contributed by atoms with E-state index in [2.05, 4.69) is 15.5 Å². The molecule has 1 aliphatic rings. The third-order valence-corrected chi connectivity index (χ3v) is 6.05. The number of likely N-dealkylation sites (N-methyl/N-ethyl adjacent to an activating group) is 1. The van der Waals surface area contributed by atoms with Gasteiger partial charge in [0.1, 0.15) is 10.5 Å². The number of aryl methyl sites for hydroxylation is 1. The maximum absolute atomic E-state index is 12.7. The smallest absolute Gasteiger partial charge is 0.410 e. The lowest BCUT2D eigenvalue weighted by Gasteiger charge is -2.24. The lowest BCUT2D eigenvalue weighted by molar-refractivity contribution is -0.117. The maximum atomic E-state index is 12.7. The third-order valence-electron chi connectivity index (χ3n) is 4.95. The molecule has 2 heterocycles. The number of rotatable bonds is 7. The lowest BCUT2D eigenvalue weighted by atomic mass is 10.2. The van der Waals surface area contributed by atoms with E-state index >= 15 is 0 Å². The highest BCUT2D eigenvalue weighted by molar-refractivity contribution is 7.13. The fourth-order valence-electron chi connectivity index (χ4n) is 3.29. The second-order valence-electron chi connectivity index (χ2n) is 9.02. The van der Waals surface area contributed by atoms with Crippen LogP contribution in [0.4, 0.5) is 10.5 Å².